The smallest absolute Gasteiger partial charge is 0.264 e. The number of carbonyl (C=O) groups is 1. The second-order valence-electron chi connectivity index (χ2n) is 7.65. The van der Waals surface area contributed by atoms with Gasteiger partial charge in [-0.1, -0.05) is 23.7 Å². The first kappa shape index (κ1) is 22.8. The molecule has 172 valence electrons. The lowest BCUT2D eigenvalue weighted by Crippen LogP contribution is -2.35. The van der Waals surface area contributed by atoms with Crippen LogP contribution in [0.4, 0.5) is 28.8 Å². The predicted octanol–water partition coefficient (Wildman–Crippen LogP) is 4.15. The van der Waals surface area contributed by atoms with E-state index in [-0.39, 0.29) is 34.2 Å². The maximum Gasteiger partial charge on any atom is 0.264 e. The predicted molar refractivity (Wildman–Crippen MR) is 128 cm³/mol. The van der Waals surface area contributed by atoms with E-state index in [1.54, 1.807) is 63.4 Å². The van der Waals surface area contributed by atoms with Crippen molar-refractivity contribution in [2.75, 3.05) is 29.2 Å². The molecule has 1 aromatic heterocycles. The van der Waals surface area contributed by atoms with E-state index in [1.165, 1.54) is 11.1 Å². The van der Waals surface area contributed by atoms with E-state index in [1.807, 2.05) is 0 Å². The Morgan fingerprint density at radius 1 is 1.15 bits per heavy atom. The fraction of sp³-hybridized carbons (Fsp3) is 0.227. The minimum atomic E-state index is -3.52. The SMILES string of the molecule is CC(C)S(=O)(=O)c1ccccc1Nc1nc(Nc2ccc3c(c2)OCC(=O)N3C)ncc1Cl. The number of hydrogen-bond acceptors (Lipinski definition) is 8. The molecule has 3 aromatic rings. The summed E-state index contributed by atoms with van der Waals surface area (Å²) in [7, 11) is -1.83. The third kappa shape index (κ3) is 4.57. The molecular weight excluding hydrogens is 466 g/mol. The number of nitrogens with zero attached hydrogens (tertiary/aromatic N) is 3. The first-order valence-electron chi connectivity index (χ1n) is 10.1. The average Bonchev–Trinajstić information content (AvgIpc) is 2.79. The number of sulfone groups is 1. The fourth-order valence-corrected chi connectivity index (χ4v) is 4.54. The van der Waals surface area contributed by atoms with Crippen molar-refractivity contribution in [1.82, 2.24) is 9.97 Å². The van der Waals surface area contributed by atoms with Crippen molar-refractivity contribution in [3.05, 3.63) is 53.7 Å². The molecule has 2 N–H and O–H groups in total. The normalized spacial score (nSPS) is 13.5. The van der Waals surface area contributed by atoms with Gasteiger partial charge in [0.05, 0.1) is 27.7 Å². The van der Waals surface area contributed by atoms with Gasteiger partial charge >= 0.3 is 0 Å². The first-order chi connectivity index (χ1) is 15.7. The van der Waals surface area contributed by atoms with Crippen molar-refractivity contribution in [3.8, 4) is 5.75 Å². The van der Waals surface area contributed by atoms with Crippen LogP contribution < -0.4 is 20.3 Å². The number of fused-ring (bicyclic) bond motifs is 1. The van der Waals surface area contributed by atoms with E-state index in [0.29, 0.717) is 22.8 Å². The van der Waals surface area contributed by atoms with Crippen LogP contribution in [0.5, 0.6) is 5.75 Å². The summed E-state index contributed by atoms with van der Waals surface area (Å²) in [5, 5.41) is 5.74. The zero-order valence-corrected chi connectivity index (χ0v) is 19.7. The highest BCUT2D eigenvalue weighted by Crippen LogP contribution is 2.35. The van der Waals surface area contributed by atoms with Gasteiger partial charge in [-0.3, -0.25) is 4.79 Å². The van der Waals surface area contributed by atoms with E-state index in [2.05, 4.69) is 20.6 Å². The number of nitrogens with one attached hydrogen (secondary N) is 2. The molecule has 2 aromatic carbocycles. The van der Waals surface area contributed by atoms with Gasteiger partial charge in [-0.2, -0.15) is 4.98 Å². The van der Waals surface area contributed by atoms with E-state index >= 15 is 0 Å². The number of ether oxygens (including phenoxy) is 1. The molecule has 1 aliphatic heterocycles. The van der Waals surface area contributed by atoms with Crippen molar-refractivity contribution in [2.24, 2.45) is 0 Å². The number of amides is 1. The Hall–Kier alpha value is -3.37. The highest BCUT2D eigenvalue weighted by Gasteiger charge is 2.24. The zero-order chi connectivity index (χ0) is 23.8. The van der Waals surface area contributed by atoms with Gasteiger partial charge in [0.2, 0.25) is 5.95 Å². The lowest BCUT2D eigenvalue weighted by atomic mass is 10.2. The van der Waals surface area contributed by atoms with Gasteiger partial charge in [-0.15, -0.1) is 0 Å². The van der Waals surface area contributed by atoms with E-state index in [4.69, 9.17) is 16.3 Å². The van der Waals surface area contributed by atoms with Crippen molar-refractivity contribution in [1.29, 1.82) is 0 Å². The van der Waals surface area contributed by atoms with Crippen LogP contribution in [-0.2, 0) is 14.6 Å². The van der Waals surface area contributed by atoms with Gasteiger partial charge in [0, 0.05) is 18.8 Å². The zero-order valence-electron chi connectivity index (χ0n) is 18.2. The third-order valence-electron chi connectivity index (χ3n) is 5.11. The molecule has 9 nitrogen and oxygen atoms in total. The van der Waals surface area contributed by atoms with Crippen molar-refractivity contribution in [3.63, 3.8) is 0 Å². The summed E-state index contributed by atoms with van der Waals surface area (Å²) in [6, 6.07) is 11.9. The van der Waals surface area contributed by atoms with Gasteiger partial charge in [-0.05, 0) is 38.1 Å². The Kier molecular flexibility index (Phi) is 6.13. The van der Waals surface area contributed by atoms with Crippen LogP contribution in [0.1, 0.15) is 13.8 Å². The molecule has 0 spiro atoms. The van der Waals surface area contributed by atoms with E-state index < -0.39 is 15.1 Å². The summed E-state index contributed by atoms with van der Waals surface area (Å²) in [6.07, 6.45) is 1.42. The van der Waals surface area contributed by atoms with Crippen molar-refractivity contribution >= 4 is 56.2 Å². The topological polar surface area (TPSA) is 114 Å². The minimum Gasteiger partial charge on any atom is -0.481 e. The molecule has 0 saturated heterocycles. The Morgan fingerprint density at radius 3 is 2.67 bits per heavy atom. The van der Waals surface area contributed by atoms with Crippen molar-refractivity contribution in [2.45, 2.75) is 24.0 Å². The number of anilines is 5. The second-order valence-corrected chi connectivity index (χ2v) is 10.5. The molecule has 0 unspecified atom stereocenters. The summed E-state index contributed by atoms with van der Waals surface area (Å²) in [6.45, 7) is 3.22. The summed E-state index contributed by atoms with van der Waals surface area (Å²) >= 11 is 6.28. The van der Waals surface area contributed by atoms with Crippen LogP contribution in [0, 0.1) is 0 Å². The number of benzene rings is 2. The fourth-order valence-electron chi connectivity index (χ4n) is 3.20. The van der Waals surface area contributed by atoms with E-state index in [0.717, 1.165) is 0 Å². The van der Waals surface area contributed by atoms with Gasteiger partial charge in [-0.25, -0.2) is 13.4 Å². The monoisotopic (exact) mass is 487 g/mol. The number of hydrogen-bond donors (Lipinski definition) is 2. The van der Waals surface area contributed by atoms with Gasteiger partial charge in [0.15, 0.2) is 22.3 Å². The molecule has 0 bridgehead atoms. The molecule has 0 radical (unpaired) electrons. The van der Waals surface area contributed by atoms with Gasteiger partial charge < -0.3 is 20.3 Å². The number of carbonyl (C=O) groups excluding carboxylic acids is 1. The Balaban J connectivity index is 1.61. The molecule has 1 amide bonds. The molecule has 0 aliphatic carbocycles. The molecule has 1 aliphatic rings. The van der Waals surface area contributed by atoms with E-state index in [9.17, 15) is 13.2 Å². The largest absolute Gasteiger partial charge is 0.481 e. The van der Waals surface area contributed by atoms with Crippen LogP contribution in [0.15, 0.2) is 53.6 Å². The summed E-state index contributed by atoms with van der Waals surface area (Å²) in [4.78, 5) is 22.1. The Labute approximate surface area is 196 Å². The summed E-state index contributed by atoms with van der Waals surface area (Å²) in [5.41, 5.74) is 1.68. The minimum absolute atomic E-state index is 0.0306. The number of likely N-dealkylation sites (N-methyl/N-ethyl adjacent to an activating group) is 1. The number of aromatic nitrogens is 2. The summed E-state index contributed by atoms with van der Waals surface area (Å²) in [5.74, 6) is 0.924. The Morgan fingerprint density at radius 2 is 1.91 bits per heavy atom. The van der Waals surface area contributed by atoms with Crippen LogP contribution in [0.3, 0.4) is 0 Å². The number of rotatable bonds is 6. The standard InChI is InChI=1S/C22H22ClN5O4S/c1-13(2)33(30,31)19-7-5-4-6-16(19)26-21-15(23)11-24-22(27-21)25-14-8-9-17-18(10-14)32-12-20(29)28(17)3/h4-11,13H,12H2,1-3H3,(H2,24,25,26,27). The number of halogens is 1. The maximum absolute atomic E-state index is 12.7. The van der Waals surface area contributed by atoms with Crippen molar-refractivity contribution < 1.29 is 17.9 Å². The quantitative estimate of drug-likeness (QED) is 0.533. The first-order valence-corrected chi connectivity index (χ1v) is 12.0. The lowest BCUT2D eigenvalue weighted by molar-refractivity contribution is -0.120. The van der Waals surface area contributed by atoms with Gasteiger partial charge in [0.25, 0.3) is 5.91 Å². The molecule has 4 rings (SSSR count). The lowest BCUT2D eigenvalue weighted by Gasteiger charge is -2.26. The molecular formula is C22H22ClN5O4S. The molecule has 0 fully saturated rings. The Bertz CT molecular complexity index is 1330. The molecule has 0 saturated carbocycles. The average molecular weight is 488 g/mol. The molecule has 11 heteroatoms. The molecule has 0 atom stereocenters. The van der Waals surface area contributed by atoms with Gasteiger partial charge in [0.1, 0.15) is 10.8 Å². The molecule has 33 heavy (non-hydrogen) atoms. The summed E-state index contributed by atoms with van der Waals surface area (Å²) < 4.78 is 31.0. The third-order valence-corrected chi connectivity index (χ3v) is 7.60. The van der Waals surface area contributed by atoms with Crippen LogP contribution >= 0.6 is 11.6 Å². The highest BCUT2D eigenvalue weighted by atomic mass is 35.5. The second kappa shape index (κ2) is 8.87. The van der Waals surface area contributed by atoms with Crippen LogP contribution in [-0.4, -0.2) is 43.2 Å². The van der Waals surface area contributed by atoms with Crippen LogP contribution in [0.25, 0.3) is 0 Å². The maximum atomic E-state index is 12.7. The number of para-hydroxylation sites is 1. The molecule has 2 heterocycles. The van der Waals surface area contributed by atoms with Crippen LogP contribution in [0.2, 0.25) is 5.02 Å². The highest BCUT2D eigenvalue weighted by molar-refractivity contribution is 7.92.